The number of amides is 3. The predicted octanol–water partition coefficient (Wildman–Crippen LogP) is 3.62. The summed E-state index contributed by atoms with van der Waals surface area (Å²) in [4.78, 5) is 39.9. The molecule has 29 heavy (non-hydrogen) atoms. The summed E-state index contributed by atoms with van der Waals surface area (Å²) in [6.45, 7) is 0.607. The molecule has 150 valence electrons. The van der Waals surface area contributed by atoms with Crippen molar-refractivity contribution in [2.24, 2.45) is 23.7 Å². The van der Waals surface area contributed by atoms with E-state index in [0.717, 1.165) is 25.7 Å². The first-order valence-electron chi connectivity index (χ1n) is 10.8. The van der Waals surface area contributed by atoms with Crippen molar-refractivity contribution < 1.29 is 14.4 Å². The Morgan fingerprint density at radius 1 is 1.07 bits per heavy atom. The highest BCUT2D eigenvalue weighted by atomic mass is 16.2. The molecule has 1 aromatic rings. The number of rotatable bonds is 5. The highest BCUT2D eigenvalue weighted by Gasteiger charge is 2.59. The van der Waals surface area contributed by atoms with Crippen LogP contribution in [0.5, 0.6) is 0 Å². The molecule has 5 heteroatoms. The van der Waals surface area contributed by atoms with E-state index < -0.39 is 0 Å². The molecular formula is C24H26N2O3. The average Bonchev–Trinajstić information content (AvgIpc) is 3.42. The number of allylic oxidation sites excluding steroid dienone is 3. The maximum Gasteiger partial charge on any atom is 0.251 e. The van der Waals surface area contributed by atoms with E-state index in [-0.39, 0.29) is 41.4 Å². The molecule has 2 fully saturated rings. The van der Waals surface area contributed by atoms with Crippen LogP contribution in [-0.2, 0) is 9.59 Å². The van der Waals surface area contributed by atoms with Gasteiger partial charge < -0.3 is 5.32 Å². The standard InChI is InChI=1S/C24H26N2O3/c27-22(25-12-11-15-5-2-1-3-6-15)18-7-4-8-19(14-18)26-23(28)20-16-9-10-17(13-16)21(20)24(26)29/h4-5,7-10,14,16-17,20-21H,1-3,6,11-13H2,(H,25,27)/t16-,17-,20-,21+/m0/s1. The van der Waals surface area contributed by atoms with E-state index in [0.29, 0.717) is 17.8 Å². The third-order valence-corrected chi connectivity index (χ3v) is 6.95. The minimum Gasteiger partial charge on any atom is -0.352 e. The van der Waals surface area contributed by atoms with Crippen LogP contribution in [0.2, 0.25) is 0 Å². The van der Waals surface area contributed by atoms with Crippen molar-refractivity contribution in [3.8, 4) is 0 Å². The SMILES string of the molecule is O=C(NCCC1=CCCCC1)c1cccc(N2C(=O)[C@@H]3[C@H](C2=O)[C@H]2C=C[C@H]3C2)c1. The van der Waals surface area contributed by atoms with E-state index in [9.17, 15) is 14.4 Å². The second kappa shape index (κ2) is 7.29. The largest absolute Gasteiger partial charge is 0.352 e. The van der Waals surface area contributed by atoms with Crippen LogP contribution in [0.3, 0.4) is 0 Å². The Hall–Kier alpha value is -2.69. The highest BCUT2D eigenvalue weighted by Crippen LogP contribution is 2.53. The van der Waals surface area contributed by atoms with Crippen LogP contribution in [0.1, 0.15) is 48.9 Å². The van der Waals surface area contributed by atoms with E-state index in [1.807, 2.05) is 0 Å². The van der Waals surface area contributed by atoms with Gasteiger partial charge in [0.25, 0.3) is 5.91 Å². The lowest BCUT2D eigenvalue weighted by molar-refractivity contribution is -0.123. The smallest absolute Gasteiger partial charge is 0.251 e. The number of fused-ring (bicyclic) bond motifs is 5. The van der Waals surface area contributed by atoms with E-state index in [1.165, 1.54) is 23.3 Å². The van der Waals surface area contributed by atoms with Gasteiger partial charge in [-0.3, -0.25) is 14.4 Å². The normalized spacial score (nSPS) is 29.9. The number of nitrogens with zero attached hydrogens (tertiary/aromatic N) is 1. The molecule has 5 rings (SSSR count). The molecule has 4 aliphatic rings. The molecule has 1 N–H and O–H groups in total. The van der Waals surface area contributed by atoms with Gasteiger partial charge in [-0.2, -0.15) is 0 Å². The van der Waals surface area contributed by atoms with Crippen LogP contribution in [0.25, 0.3) is 0 Å². The predicted molar refractivity (Wildman–Crippen MR) is 110 cm³/mol. The first kappa shape index (κ1) is 18.3. The molecule has 1 aromatic carbocycles. The number of imide groups is 1. The summed E-state index contributed by atoms with van der Waals surface area (Å²) in [7, 11) is 0. The number of hydrogen-bond donors (Lipinski definition) is 1. The average molecular weight is 390 g/mol. The number of benzene rings is 1. The lowest BCUT2D eigenvalue weighted by Crippen LogP contribution is -2.33. The van der Waals surface area contributed by atoms with Gasteiger partial charge in [0, 0.05) is 12.1 Å². The fourth-order valence-electron chi connectivity index (χ4n) is 5.51. The van der Waals surface area contributed by atoms with Crippen molar-refractivity contribution in [2.75, 3.05) is 11.4 Å². The van der Waals surface area contributed by atoms with E-state index in [1.54, 1.807) is 24.3 Å². The van der Waals surface area contributed by atoms with Crippen molar-refractivity contribution >= 4 is 23.4 Å². The first-order valence-corrected chi connectivity index (χ1v) is 10.8. The molecule has 3 amide bonds. The van der Waals surface area contributed by atoms with Gasteiger partial charge in [0.1, 0.15) is 0 Å². The van der Waals surface area contributed by atoms with Crippen LogP contribution < -0.4 is 10.2 Å². The third-order valence-electron chi connectivity index (χ3n) is 6.95. The number of nitrogens with one attached hydrogen (secondary N) is 1. The van der Waals surface area contributed by atoms with Gasteiger partial charge in [-0.1, -0.05) is 29.9 Å². The van der Waals surface area contributed by atoms with E-state index in [4.69, 9.17) is 0 Å². The third kappa shape index (κ3) is 3.13. The van der Waals surface area contributed by atoms with Crippen LogP contribution in [0, 0.1) is 23.7 Å². The second-order valence-corrected chi connectivity index (χ2v) is 8.68. The minimum atomic E-state index is -0.223. The minimum absolute atomic E-state index is 0.112. The van der Waals surface area contributed by atoms with Crippen molar-refractivity contribution in [3.05, 3.63) is 53.6 Å². The van der Waals surface area contributed by atoms with Gasteiger partial charge in [-0.15, -0.1) is 0 Å². The fraction of sp³-hybridized carbons (Fsp3) is 0.458. The molecule has 1 aliphatic heterocycles. The van der Waals surface area contributed by atoms with E-state index in [2.05, 4.69) is 23.5 Å². The zero-order chi connectivity index (χ0) is 20.0. The number of carbonyl (C=O) groups is 3. The van der Waals surface area contributed by atoms with Gasteiger partial charge in [0.05, 0.1) is 17.5 Å². The van der Waals surface area contributed by atoms with Crippen molar-refractivity contribution in [1.29, 1.82) is 0 Å². The summed E-state index contributed by atoms with van der Waals surface area (Å²) in [6.07, 6.45) is 13.0. The number of carbonyl (C=O) groups excluding carboxylic acids is 3. The molecule has 1 heterocycles. The molecule has 2 bridgehead atoms. The Kier molecular flexibility index (Phi) is 4.61. The van der Waals surface area contributed by atoms with Crippen LogP contribution >= 0.6 is 0 Å². The summed E-state index contributed by atoms with van der Waals surface area (Å²) >= 11 is 0. The summed E-state index contributed by atoms with van der Waals surface area (Å²) in [5, 5.41) is 2.97. The first-order chi connectivity index (χ1) is 14.1. The molecule has 0 radical (unpaired) electrons. The molecule has 0 aromatic heterocycles. The van der Waals surface area contributed by atoms with Crippen LogP contribution in [0.15, 0.2) is 48.1 Å². The van der Waals surface area contributed by atoms with Gasteiger partial charge in [-0.05, 0) is 68.6 Å². The molecule has 1 saturated heterocycles. The lowest BCUT2D eigenvalue weighted by Gasteiger charge is -2.18. The summed E-state index contributed by atoms with van der Waals surface area (Å²) < 4.78 is 0. The Bertz CT molecular complexity index is 902. The topological polar surface area (TPSA) is 66.5 Å². The van der Waals surface area contributed by atoms with Crippen LogP contribution in [0.4, 0.5) is 5.69 Å². The molecule has 4 atom stereocenters. The molecule has 3 aliphatic carbocycles. The summed E-state index contributed by atoms with van der Waals surface area (Å²) in [5.41, 5.74) is 2.42. The van der Waals surface area contributed by atoms with Crippen molar-refractivity contribution in [1.82, 2.24) is 5.32 Å². The van der Waals surface area contributed by atoms with Gasteiger partial charge >= 0.3 is 0 Å². The fourth-order valence-corrected chi connectivity index (χ4v) is 5.51. The van der Waals surface area contributed by atoms with Gasteiger partial charge in [0.15, 0.2) is 0 Å². The Morgan fingerprint density at radius 2 is 1.83 bits per heavy atom. The summed E-state index contributed by atoms with van der Waals surface area (Å²) in [6, 6.07) is 6.89. The Balaban J connectivity index is 1.27. The molecule has 5 nitrogen and oxygen atoms in total. The van der Waals surface area contributed by atoms with Crippen LogP contribution in [-0.4, -0.2) is 24.3 Å². The highest BCUT2D eigenvalue weighted by molar-refractivity contribution is 6.23. The molecule has 0 spiro atoms. The number of hydrogen-bond acceptors (Lipinski definition) is 3. The van der Waals surface area contributed by atoms with E-state index >= 15 is 0 Å². The van der Waals surface area contributed by atoms with Gasteiger partial charge in [-0.25, -0.2) is 4.90 Å². The quantitative estimate of drug-likeness (QED) is 0.617. The maximum atomic E-state index is 13.0. The maximum absolute atomic E-state index is 13.0. The Labute approximate surface area is 170 Å². The molecule has 1 saturated carbocycles. The van der Waals surface area contributed by atoms with Crippen molar-refractivity contribution in [2.45, 2.75) is 38.5 Å². The van der Waals surface area contributed by atoms with Crippen molar-refractivity contribution in [3.63, 3.8) is 0 Å². The number of anilines is 1. The zero-order valence-electron chi connectivity index (χ0n) is 16.5. The molecular weight excluding hydrogens is 364 g/mol. The zero-order valence-corrected chi connectivity index (χ0v) is 16.5. The summed E-state index contributed by atoms with van der Waals surface area (Å²) in [5.74, 6) is -0.460. The monoisotopic (exact) mass is 390 g/mol. The second-order valence-electron chi connectivity index (χ2n) is 8.68. The Morgan fingerprint density at radius 3 is 2.52 bits per heavy atom. The molecule has 0 unspecified atom stereocenters. The lowest BCUT2D eigenvalue weighted by atomic mass is 9.85. The van der Waals surface area contributed by atoms with Gasteiger partial charge in [0.2, 0.25) is 11.8 Å².